The lowest BCUT2D eigenvalue weighted by Gasteiger charge is -2.24. The molecule has 2 atom stereocenters. The molecule has 0 fully saturated rings. The molecule has 0 unspecified atom stereocenters. The van der Waals surface area contributed by atoms with Crippen LogP contribution in [0.2, 0.25) is 0 Å². The quantitative estimate of drug-likeness (QED) is 0.754. The number of hydrogen-bond acceptors (Lipinski definition) is 4. The van der Waals surface area contributed by atoms with Gasteiger partial charge in [-0.1, -0.05) is 48.5 Å². The molecule has 0 aromatic heterocycles. The summed E-state index contributed by atoms with van der Waals surface area (Å²) in [6, 6.07) is 15.5. The molecule has 0 aliphatic rings. The second-order valence-electron chi connectivity index (χ2n) is 5.54. The largest absolute Gasteiger partial charge is 0.496 e. The summed E-state index contributed by atoms with van der Waals surface area (Å²) in [5, 5.41) is 8.00. The van der Waals surface area contributed by atoms with Crippen molar-refractivity contribution in [3.63, 3.8) is 0 Å². The van der Waals surface area contributed by atoms with E-state index >= 15 is 0 Å². The number of amides is 3. The summed E-state index contributed by atoms with van der Waals surface area (Å²) in [5.74, 6) is 0.313. The molecule has 3 amide bonds. The first kappa shape index (κ1) is 18.5. The van der Waals surface area contributed by atoms with Crippen LogP contribution in [0.4, 0.5) is 4.79 Å². The van der Waals surface area contributed by atoms with Crippen LogP contribution in [0.1, 0.15) is 30.1 Å². The highest BCUT2D eigenvalue weighted by Gasteiger charge is 2.25. The number of benzene rings is 2. The Bertz CT molecular complexity index is 719. The van der Waals surface area contributed by atoms with Crippen molar-refractivity contribution in [2.45, 2.75) is 19.0 Å². The highest BCUT2D eigenvalue weighted by Crippen LogP contribution is 2.27. The van der Waals surface area contributed by atoms with Gasteiger partial charge in [0.05, 0.1) is 7.11 Å². The molecule has 3 N–H and O–H groups in total. The van der Waals surface area contributed by atoms with E-state index in [4.69, 9.17) is 4.74 Å². The van der Waals surface area contributed by atoms with Gasteiger partial charge in [-0.2, -0.15) is 0 Å². The number of imide groups is 1. The molecule has 2 aromatic rings. The predicted octanol–water partition coefficient (Wildman–Crippen LogP) is 2.54. The maximum absolute atomic E-state index is 12.6. The van der Waals surface area contributed by atoms with E-state index in [9.17, 15) is 9.59 Å². The average molecular weight is 341 g/mol. The molecule has 0 saturated carbocycles. The number of nitrogens with one attached hydrogen (secondary N) is 3. The lowest BCUT2D eigenvalue weighted by atomic mass is 10.0. The number of carbonyl (C=O) groups excluding carboxylic acids is 2. The molecule has 2 rings (SSSR count). The summed E-state index contributed by atoms with van der Waals surface area (Å²) in [4.78, 5) is 24.1. The van der Waals surface area contributed by atoms with E-state index in [0.717, 1.165) is 16.9 Å². The molecule has 0 spiro atoms. The molecule has 6 heteroatoms. The van der Waals surface area contributed by atoms with Crippen LogP contribution in [-0.4, -0.2) is 26.1 Å². The highest BCUT2D eigenvalue weighted by molar-refractivity contribution is 5.97. The average Bonchev–Trinajstić information content (AvgIpc) is 2.66. The molecule has 2 aromatic carbocycles. The van der Waals surface area contributed by atoms with Crippen molar-refractivity contribution in [2.75, 3.05) is 14.2 Å². The number of ether oxygens (including phenoxy) is 1. The van der Waals surface area contributed by atoms with Crippen LogP contribution in [0.15, 0.2) is 54.6 Å². The van der Waals surface area contributed by atoms with E-state index in [1.807, 2.05) is 61.5 Å². The zero-order valence-corrected chi connectivity index (χ0v) is 14.6. The Morgan fingerprint density at radius 2 is 1.64 bits per heavy atom. The van der Waals surface area contributed by atoms with E-state index < -0.39 is 18.0 Å². The molecule has 0 saturated heterocycles. The van der Waals surface area contributed by atoms with Gasteiger partial charge in [-0.05, 0) is 18.6 Å². The second-order valence-corrected chi connectivity index (χ2v) is 5.54. The Hall–Kier alpha value is -2.86. The minimum Gasteiger partial charge on any atom is -0.496 e. The number of rotatable bonds is 6. The third-order valence-electron chi connectivity index (χ3n) is 3.88. The van der Waals surface area contributed by atoms with Crippen LogP contribution in [0.3, 0.4) is 0 Å². The van der Waals surface area contributed by atoms with E-state index in [2.05, 4.69) is 16.0 Å². The summed E-state index contributed by atoms with van der Waals surface area (Å²) in [6.45, 7) is 1.95. The van der Waals surface area contributed by atoms with Crippen molar-refractivity contribution in [3.8, 4) is 5.75 Å². The monoisotopic (exact) mass is 341 g/mol. The van der Waals surface area contributed by atoms with Gasteiger partial charge in [0.25, 0.3) is 0 Å². The van der Waals surface area contributed by atoms with Crippen molar-refractivity contribution in [1.82, 2.24) is 16.0 Å². The SMILES string of the molecule is CNC(=O)NC(=O)[C@H](N[C@H](C)c1ccccc1OC)c1ccccc1. The minimum atomic E-state index is -0.682. The van der Waals surface area contributed by atoms with Gasteiger partial charge in [-0.25, -0.2) is 4.79 Å². The first-order chi connectivity index (χ1) is 12.1. The van der Waals surface area contributed by atoms with Gasteiger partial charge in [0.15, 0.2) is 0 Å². The van der Waals surface area contributed by atoms with Crippen molar-refractivity contribution >= 4 is 11.9 Å². The summed E-state index contributed by atoms with van der Waals surface area (Å²) < 4.78 is 5.39. The van der Waals surface area contributed by atoms with Crippen molar-refractivity contribution < 1.29 is 14.3 Å². The lowest BCUT2D eigenvalue weighted by Crippen LogP contribution is -2.44. The Labute approximate surface area is 147 Å². The Balaban J connectivity index is 2.26. The molecular formula is C19H23N3O3. The number of methoxy groups -OCH3 is 1. The molecule has 0 aliphatic carbocycles. The number of urea groups is 1. The van der Waals surface area contributed by atoms with Crippen molar-refractivity contribution in [2.24, 2.45) is 0 Å². The van der Waals surface area contributed by atoms with Gasteiger partial charge in [0, 0.05) is 18.7 Å². The number of hydrogen-bond donors (Lipinski definition) is 3. The fourth-order valence-electron chi connectivity index (χ4n) is 2.58. The molecule has 0 heterocycles. The van der Waals surface area contributed by atoms with Gasteiger partial charge in [0.2, 0.25) is 5.91 Å². The van der Waals surface area contributed by atoms with Crippen LogP contribution in [0.5, 0.6) is 5.75 Å². The third-order valence-corrected chi connectivity index (χ3v) is 3.88. The van der Waals surface area contributed by atoms with Crippen LogP contribution in [-0.2, 0) is 4.79 Å². The van der Waals surface area contributed by atoms with Crippen LogP contribution >= 0.6 is 0 Å². The zero-order valence-electron chi connectivity index (χ0n) is 14.6. The van der Waals surface area contributed by atoms with Crippen LogP contribution in [0, 0.1) is 0 Å². The number of para-hydroxylation sites is 1. The molecule has 0 bridgehead atoms. The van der Waals surface area contributed by atoms with E-state index in [1.165, 1.54) is 7.05 Å². The summed E-state index contributed by atoms with van der Waals surface area (Å²) in [6.07, 6.45) is 0. The third kappa shape index (κ3) is 4.81. The Morgan fingerprint density at radius 1 is 1.00 bits per heavy atom. The summed E-state index contributed by atoms with van der Waals surface area (Å²) in [5.41, 5.74) is 1.70. The molecule has 0 radical (unpaired) electrons. The predicted molar refractivity (Wildman–Crippen MR) is 96.3 cm³/mol. The minimum absolute atomic E-state index is 0.170. The van der Waals surface area contributed by atoms with E-state index in [0.29, 0.717) is 0 Å². The van der Waals surface area contributed by atoms with Crippen molar-refractivity contribution in [3.05, 3.63) is 65.7 Å². The summed E-state index contributed by atoms with van der Waals surface area (Å²) >= 11 is 0. The van der Waals surface area contributed by atoms with Gasteiger partial charge in [-0.3, -0.25) is 15.4 Å². The fraction of sp³-hybridized carbons (Fsp3) is 0.263. The molecule has 132 valence electrons. The maximum Gasteiger partial charge on any atom is 0.321 e. The van der Waals surface area contributed by atoms with Gasteiger partial charge >= 0.3 is 6.03 Å². The maximum atomic E-state index is 12.6. The fourth-order valence-corrected chi connectivity index (χ4v) is 2.58. The van der Waals surface area contributed by atoms with Crippen LogP contribution in [0.25, 0.3) is 0 Å². The Kier molecular flexibility index (Phi) is 6.54. The normalized spacial score (nSPS) is 12.8. The van der Waals surface area contributed by atoms with E-state index in [1.54, 1.807) is 7.11 Å². The molecular weight excluding hydrogens is 318 g/mol. The molecule has 25 heavy (non-hydrogen) atoms. The molecule has 0 aliphatic heterocycles. The van der Waals surface area contributed by atoms with Gasteiger partial charge in [-0.15, -0.1) is 0 Å². The van der Waals surface area contributed by atoms with Gasteiger partial charge in [0.1, 0.15) is 11.8 Å². The second kappa shape index (κ2) is 8.84. The standard InChI is InChI=1S/C19H23N3O3/c1-13(15-11-7-8-12-16(15)25-3)21-17(14-9-5-4-6-10-14)18(23)22-19(24)20-2/h4-13,17,21H,1-3H3,(H2,20,22,23,24)/t13-,17-/m1/s1. The van der Waals surface area contributed by atoms with Crippen LogP contribution < -0.4 is 20.7 Å². The van der Waals surface area contributed by atoms with Gasteiger partial charge < -0.3 is 10.1 Å². The molecule has 6 nitrogen and oxygen atoms in total. The lowest BCUT2D eigenvalue weighted by molar-refractivity contribution is -0.122. The topological polar surface area (TPSA) is 79.5 Å². The first-order valence-electron chi connectivity index (χ1n) is 8.03. The highest BCUT2D eigenvalue weighted by atomic mass is 16.5. The summed E-state index contributed by atoms with van der Waals surface area (Å²) in [7, 11) is 3.07. The Morgan fingerprint density at radius 3 is 2.28 bits per heavy atom. The number of carbonyl (C=O) groups is 2. The smallest absolute Gasteiger partial charge is 0.321 e. The van der Waals surface area contributed by atoms with Crippen molar-refractivity contribution in [1.29, 1.82) is 0 Å². The zero-order chi connectivity index (χ0) is 18.2. The first-order valence-corrected chi connectivity index (χ1v) is 8.03. The van der Waals surface area contributed by atoms with E-state index in [-0.39, 0.29) is 6.04 Å².